The van der Waals surface area contributed by atoms with Gasteiger partial charge in [-0.3, -0.25) is 14.2 Å². The highest BCUT2D eigenvalue weighted by Crippen LogP contribution is 2.33. The molecule has 28 heavy (non-hydrogen) atoms. The SMILES string of the molecule is CCC(C)NC(=O)Cn1cnc2sc(C)c(S(=O)(=O)N3CCCCC3)c2c1=O. The largest absolute Gasteiger partial charge is 0.352 e. The van der Waals surface area contributed by atoms with E-state index in [0.717, 1.165) is 25.7 Å². The summed E-state index contributed by atoms with van der Waals surface area (Å²) in [4.78, 5) is 30.5. The van der Waals surface area contributed by atoms with Crippen molar-refractivity contribution in [2.45, 2.75) is 63.9 Å². The lowest BCUT2D eigenvalue weighted by Gasteiger charge is -2.25. The molecule has 0 aromatic carbocycles. The monoisotopic (exact) mass is 426 g/mol. The number of nitrogens with zero attached hydrogens (tertiary/aromatic N) is 3. The van der Waals surface area contributed by atoms with Crippen molar-refractivity contribution in [3.8, 4) is 0 Å². The fourth-order valence-electron chi connectivity index (χ4n) is 3.35. The van der Waals surface area contributed by atoms with Crippen LogP contribution in [-0.2, 0) is 21.4 Å². The maximum Gasteiger partial charge on any atom is 0.263 e. The Labute approximate surface area is 168 Å². The summed E-state index contributed by atoms with van der Waals surface area (Å²) < 4.78 is 29.1. The molecular formula is C18H26N4O4S2. The molecule has 1 saturated heterocycles. The number of carbonyl (C=O) groups excluding carboxylic acids is 1. The molecule has 154 valence electrons. The van der Waals surface area contributed by atoms with Crippen LogP contribution in [0.5, 0.6) is 0 Å². The molecule has 3 rings (SSSR count). The van der Waals surface area contributed by atoms with Gasteiger partial charge in [-0.25, -0.2) is 13.4 Å². The molecule has 1 fully saturated rings. The number of nitrogens with one attached hydrogen (secondary N) is 1. The van der Waals surface area contributed by atoms with Gasteiger partial charge in [-0.1, -0.05) is 13.3 Å². The fraction of sp³-hybridized carbons (Fsp3) is 0.611. The third-order valence-electron chi connectivity index (χ3n) is 5.05. The fourth-order valence-corrected chi connectivity index (χ4v) is 6.53. The summed E-state index contributed by atoms with van der Waals surface area (Å²) in [6.45, 7) is 6.27. The number of carbonyl (C=O) groups is 1. The van der Waals surface area contributed by atoms with Gasteiger partial charge in [-0.05, 0) is 33.1 Å². The van der Waals surface area contributed by atoms with E-state index in [9.17, 15) is 18.0 Å². The highest BCUT2D eigenvalue weighted by atomic mass is 32.2. The minimum Gasteiger partial charge on any atom is -0.352 e. The number of fused-ring (bicyclic) bond motifs is 1. The van der Waals surface area contributed by atoms with Gasteiger partial charge in [0.15, 0.2) is 0 Å². The number of rotatable bonds is 6. The van der Waals surface area contributed by atoms with Crippen molar-refractivity contribution in [3.63, 3.8) is 0 Å². The molecule has 2 aromatic rings. The lowest BCUT2D eigenvalue weighted by atomic mass is 10.2. The van der Waals surface area contributed by atoms with E-state index >= 15 is 0 Å². The number of hydrogen-bond acceptors (Lipinski definition) is 6. The first-order chi connectivity index (χ1) is 13.3. The number of amides is 1. The standard InChI is InChI=1S/C18H26N4O4S2/c1-4-12(2)20-14(23)10-21-11-19-17-15(18(21)24)16(13(3)27-17)28(25,26)22-8-6-5-7-9-22/h11-12H,4-10H2,1-3H3,(H,20,23). The van der Waals surface area contributed by atoms with Gasteiger partial charge < -0.3 is 5.32 Å². The summed E-state index contributed by atoms with van der Waals surface area (Å²) in [6.07, 6.45) is 4.74. The molecule has 1 aliphatic heterocycles. The van der Waals surface area contributed by atoms with Crippen LogP contribution in [0.3, 0.4) is 0 Å². The van der Waals surface area contributed by atoms with E-state index in [1.54, 1.807) is 6.92 Å². The van der Waals surface area contributed by atoms with Crippen LogP contribution in [0.2, 0.25) is 0 Å². The minimum absolute atomic E-state index is 0.00155. The topological polar surface area (TPSA) is 101 Å². The number of aromatic nitrogens is 2. The van der Waals surface area contributed by atoms with Crippen molar-refractivity contribution in [3.05, 3.63) is 21.6 Å². The quantitative estimate of drug-likeness (QED) is 0.760. The number of sulfonamides is 1. The Hall–Kier alpha value is -1.78. The summed E-state index contributed by atoms with van der Waals surface area (Å²) in [6, 6.07) is -0.00155. The van der Waals surface area contributed by atoms with Crippen LogP contribution < -0.4 is 10.9 Å². The van der Waals surface area contributed by atoms with Crippen molar-refractivity contribution in [1.29, 1.82) is 0 Å². The zero-order chi connectivity index (χ0) is 20.5. The molecule has 2 aromatic heterocycles. The minimum atomic E-state index is -3.78. The molecule has 10 heteroatoms. The highest BCUT2D eigenvalue weighted by molar-refractivity contribution is 7.89. The number of hydrogen-bond donors (Lipinski definition) is 1. The second-order valence-corrected chi connectivity index (χ2v) is 10.3. The normalized spacial score (nSPS) is 17.0. The maximum absolute atomic E-state index is 13.2. The third-order valence-corrected chi connectivity index (χ3v) is 8.26. The molecule has 3 heterocycles. The van der Waals surface area contributed by atoms with Crippen LogP contribution in [-0.4, -0.2) is 47.3 Å². The van der Waals surface area contributed by atoms with E-state index in [2.05, 4.69) is 10.3 Å². The van der Waals surface area contributed by atoms with E-state index in [1.165, 1.54) is 26.5 Å². The second kappa shape index (κ2) is 8.30. The summed E-state index contributed by atoms with van der Waals surface area (Å²) in [5.74, 6) is -0.301. The number of piperidine rings is 1. The van der Waals surface area contributed by atoms with Crippen LogP contribution in [0, 0.1) is 6.92 Å². The van der Waals surface area contributed by atoms with Gasteiger partial charge in [-0.15, -0.1) is 11.3 Å². The van der Waals surface area contributed by atoms with Crippen molar-refractivity contribution < 1.29 is 13.2 Å². The third kappa shape index (κ3) is 3.99. The van der Waals surface area contributed by atoms with Gasteiger partial charge in [0.2, 0.25) is 15.9 Å². The van der Waals surface area contributed by atoms with Crippen LogP contribution in [0.4, 0.5) is 0 Å². The van der Waals surface area contributed by atoms with Crippen molar-refractivity contribution in [1.82, 2.24) is 19.2 Å². The van der Waals surface area contributed by atoms with Crippen molar-refractivity contribution >= 4 is 37.5 Å². The maximum atomic E-state index is 13.2. The first-order valence-corrected chi connectivity index (χ1v) is 11.8. The van der Waals surface area contributed by atoms with Crippen molar-refractivity contribution in [2.24, 2.45) is 0 Å². The first kappa shape index (κ1) is 20.9. The summed E-state index contributed by atoms with van der Waals surface area (Å²) >= 11 is 1.19. The Morgan fingerprint density at radius 3 is 2.64 bits per heavy atom. The molecule has 0 spiro atoms. The van der Waals surface area contributed by atoms with E-state index < -0.39 is 15.6 Å². The molecule has 0 saturated carbocycles. The first-order valence-electron chi connectivity index (χ1n) is 9.53. The van der Waals surface area contributed by atoms with Gasteiger partial charge in [0, 0.05) is 24.0 Å². The molecule has 1 N–H and O–H groups in total. The molecule has 1 unspecified atom stereocenters. The molecular weight excluding hydrogens is 400 g/mol. The Morgan fingerprint density at radius 2 is 2.00 bits per heavy atom. The number of aryl methyl sites for hydroxylation is 1. The predicted molar refractivity (Wildman–Crippen MR) is 109 cm³/mol. The Morgan fingerprint density at radius 1 is 1.32 bits per heavy atom. The highest BCUT2D eigenvalue weighted by Gasteiger charge is 2.32. The van der Waals surface area contributed by atoms with E-state index in [4.69, 9.17) is 0 Å². The van der Waals surface area contributed by atoms with Gasteiger partial charge in [0.05, 0.1) is 11.7 Å². The summed E-state index contributed by atoms with van der Waals surface area (Å²) in [7, 11) is -3.78. The average Bonchev–Trinajstić information content (AvgIpc) is 3.02. The zero-order valence-electron chi connectivity index (χ0n) is 16.4. The van der Waals surface area contributed by atoms with Gasteiger partial charge in [0.25, 0.3) is 5.56 Å². The molecule has 0 radical (unpaired) electrons. The smallest absolute Gasteiger partial charge is 0.263 e. The molecule has 1 aliphatic rings. The molecule has 1 amide bonds. The summed E-state index contributed by atoms with van der Waals surface area (Å²) in [5, 5.41) is 2.89. The van der Waals surface area contributed by atoms with Gasteiger partial charge in [0.1, 0.15) is 16.3 Å². The molecule has 8 nitrogen and oxygen atoms in total. The molecule has 0 aliphatic carbocycles. The molecule has 1 atom stereocenters. The van der Waals surface area contributed by atoms with Gasteiger partial charge >= 0.3 is 0 Å². The van der Waals surface area contributed by atoms with Crippen LogP contribution in [0.1, 0.15) is 44.4 Å². The predicted octanol–water partition coefficient (Wildman–Crippen LogP) is 1.86. The second-order valence-electron chi connectivity index (χ2n) is 7.19. The van der Waals surface area contributed by atoms with E-state index in [0.29, 0.717) is 22.8 Å². The summed E-state index contributed by atoms with van der Waals surface area (Å²) in [5.41, 5.74) is -0.496. The average molecular weight is 427 g/mol. The Balaban J connectivity index is 2.04. The lowest BCUT2D eigenvalue weighted by molar-refractivity contribution is -0.122. The van der Waals surface area contributed by atoms with Crippen LogP contribution >= 0.6 is 11.3 Å². The Kier molecular flexibility index (Phi) is 6.21. The van der Waals surface area contributed by atoms with E-state index in [1.807, 2.05) is 13.8 Å². The van der Waals surface area contributed by atoms with Crippen molar-refractivity contribution in [2.75, 3.05) is 13.1 Å². The van der Waals surface area contributed by atoms with Gasteiger partial charge in [-0.2, -0.15) is 4.31 Å². The zero-order valence-corrected chi connectivity index (χ0v) is 18.0. The van der Waals surface area contributed by atoms with E-state index in [-0.39, 0.29) is 28.8 Å². The van der Waals surface area contributed by atoms with Crippen LogP contribution in [0.25, 0.3) is 10.2 Å². The lowest BCUT2D eigenvalue weighted by Crippen LogP contribution is -2.38. The Bertz CT molecular complexity index is 1040. The molecule has 0 bridgehead atoms. The van der Waals surface area contributed by atoms with Crippen LogP contribution in [0.15, 0.2) is 16.0 Å². The number of thiophene rings is 1.